The molecule has 0 amide bonds. The maximum atomic E-state index is 3.78. The zero-order valence-electron chi connectivity index (χ0n) is 7.74. The Morgan fingerprint density at radius 3 is 2.58 bits per heavy atom. The highest BCUT2D eigenvalue weighted by Crippen LogP contribution is 2.24. The second kappa shape index (κ2) is 3.72. The van der Waals surface area contributed by atoms with E-state index >= 15 is 0 Å². The van der Waals surface area contributed by atoms with E-state index in [1.54, 1.807) is 11.8 Å². The van der Waals surface area contributed by atoms with Crippen LogP contribution in [0.25, 0.3) is 6.20 Å². The highest BCUT2D eigenvalue weighted by atomic mass is 32.2. The zero-order chi connectivity index (χ0) is 9.14. The second-order valence-corrected chi connectivity index (χ2v) is 3.51. The molecule has 1 heterocycles. The van der Waals surface area contributed by atoms with Crippen LogP contribution in [0, 0.1) is 0 Å². The summed E-state index contributed by atoms with van der Waals surface area (Å²) in [6.07, 6.45) is 3.90. The maximum Gasteiger partial charge on any atom is 0.113 e. The van der Waals surface area contributed by atoms with Crippen molar-refractivity contribution in [3.05, 3.63) is 18.7 Å². The third kappa shape index (κ3) is 1.50. The number of anilines is 1. The first kappa shape index (κ1) is 9.26. The smallest absolute Gasteiger partial charge is 0.113 e. The molecule has 3 heteroatoms. The first-order valence-corrected chi connectivity index (χ1v) is 4.98. The molecule has 0 saturated heterocycles. The highest BCUT2D eigenvalue weighted by Gasteiger charge is 2.05. The lowest BCUT2D eigenvalue weighted by Gasteiger charge is -2.14. The summed E-state index contributed by atoms with van der Waals surface area (Å²) in [4.78, 5) is 2.07. The van der Waals surface area contributed by atoms with Crippen LogP contribution < -0.4 is 4.90 Å². The molecule has 0 bridgehead atoms. The van der Waals surface area contributed by atoms with E-state index in [2.05, 4.69) is 34.4 Å². The van der Waals surface area contributed by atoms with Gasteiger partial charge in [-0.15, -0.1) is 11.8 Å². The standard InChI is InChI=1S/C9H14N2S/c1-5-11-8(10(2)3)6-7-9(11)12-4/h5-7H,1H2,2-4H3. The monoisotopic (exact) mass is 182 g/mol. The van der Waals surface area contributed by atoms with Gasteiger partial charge < -0.3 is 4.90 Å². The summed E-state index contributed by atoms with van der Waals surface area (Å²) in [5.41, 5.74) is 0. The van der Waals surface area contributed by atoms with Crippen LogP contribution in [0.15, 0.2) is 23.7 Å². The lowest BCUT2D eigenvalue weighted by Crippen LogP contribution is -2.12. The van der Waals surface area contributed by atoms with E-state index in [9.17, 15) is 0 Å². The van der Waals surface area contributed by atoms with Crippen molar-refractivity contribution < 1.29 is 0 Å². The third-order valence-electron chi connectivity index (χ3n) is 1.71. The quantitative estimate of drug-likeness (QED) is 0.663. The summed E-state index contributed by atoms with van der Waals surface area (Å²) in [7, 11) is 4.05. The largest absolute Gasteiger partial charge is 0.364 e. The van der Waals surface area contributed by atoms with Crippen molar-refractivity contribution in [2.24, 2.45) is 0 Å². The number of thioether (sulfide) groups is 1. The van der Waals surface area contributed by atoms with Gasteiger partial charge in [0.05, 0.1) is 5.03 Å². The molecule has 0 N–H and O–H groups in total. The Labute approximate surface area is 77.9 Å². The Kier molecular flexibility index (Phi) is 2.87. The van der Waals surface area contributed by atoms with Gasteiger partial charge in [-0.1, -0.05) is 6.58 Å². The average molecular weight is 182 g/mol. The van der Waals surface area contributed by atoms with Crippen molar-refractivity contribution in [2.75, 3.05) is 25.3 Å². The lowest BCUT2D eigenvalue weighted by atomic mass is 10.6. The third-order valence-corrected chi connectivity index (χ3v) is 2.46. The van der Waals surface area contributed by atoms with Crippen molar-refractivity contribution in [1.82, 2.24) is 4.57 Å². The number of hydrogen-bond donors (Lipinski definition) is 0. The van der Waals surface area contributed by atoms with Crippen LogP contribution in [0.4, 0.5) is 5.82 Å². The Balaban J connectivity index is 3.13. The molecule has 66 valence electrons. The minimum absolute atomic E-state index is 1.16. The molecule has 0 unspecified atom stereocenters. The summed E-state index contributed by atoms with van der Waals surface area (Å²) in [6, 6.07) is 4.19. The molecule has 0 spiro atoms. The van der Waals surface area contributed by atoms with Crippen molar-refractivity contribution in [3.8, 4) is 0 Å². The predicted octanol–water partition coefficient (Wildman–Crippen LogP) is 2.38. The summed E-state index contributed by atoms with van der Waals surface area (Å²) in [6.45, 7) is 3.78. The minimum Gasteiger partial charge on any atom is -0.364 e. The van der Waals surface area contributed by atoms with Crippen LogP contribution >= 0.6 is 11.8 Å². The topological polar surface area (TPSA) is 8.17 Å². The van der Waals surface area contributed by atoms with Gasteiger partial charge in [0.15, 0.2) is 0 Å². The molecule has 0 aliphatic heterocycles. The summed E-state index contributed by atoms with van der Waals surface area (Å²) < 4.78 is 2.07. The van der Waals surface area contributed by atoms with Gasteiger partial charge in [-0.25, -0.2) is 0 Å². The molecule has 1 aromatic rings. The van der Waals surface area contributed by atoms with Crippen LogP contribution in [0.1, 0.15) is 0 Å². The van der Waals surface area contributed by atoms with Gasteiger partial charge in [-0.05, 0) is 18.4 Å². The summed E-state index contributed by atoms with van der Waals surface area (Å²) in [5.74, 6) is 1.16. The fraction of sp³-hybridized carbons (Fsp3) is 0.333. The van der Waals surface area contributed by atoms with Gasteiger partial charge in [-0.2, -0.15) is 0 Å². The van der Waals surface area contributed by atoms with Crippen LogP contribution in [0.2, 0.25) is 0 Å². The molecule has 1 aromatic heterocycles. The van der Waals surface area contributed by atoms with Crippen LogP contribution in [0.5, 0.6) is 0 Å². The van der Waals surface area contributed by atoms with E-state index in [0.29, 0.717) is 0 Å². The fourth-order valence-electron chi connectivity index (χ4n) is 1.13. The van der Waals surface area contributed by atoms with Crippen LogP contribution in [-0.4, -0.2) is 24.9 Å². The first-order valence-electron chi connectivity index (χ1n) is 3.75. The van der Waals surface area contributed by atoms with E-state index in [4.69, 9.17) is 0 Å². The summed E-state index contributed by atoms with van der Waals surface area (Å²) in [5, 5.41) is 1.22. The SMILES string of the molecule is C=Cn1c(SC)ccc1N(C)C. The molecule has 0 aromatic carbocycles. The maximum absolute atomic E-state index is 3.78. The van der Waals surface area contributed by atoms with E-state index in [-0.39, 0.29) is 0 Å². The van der Waals surface area contributed by atoms with Gasteiger partial charge >= 0.3 is 0 Å². The lowest BCUT2D eigenvalue weighted by molar-refractivity contribution is 0.960. The van der Waals surface area contributed by atoms with Crippen LogP contribution in [0.3, 0.4) is 0 Å². The Morgan fingerprint density at radius 2 is 2.17 bits per heavy atom. The molecule has 0 radical (unpaired) electrons. The predicted molar refractivity (Wildman–Crippen MR) is 56.9 cm³/mol. The Morgan fingerprint density at radius 1 is 1.50 bits per heavy atom. The van der Waals surface area contributed by atoms with E-state index in [0.717, 1.165) is 5.82 Å². The second-order valence-electron chi connectivity index (χ2n) is 2.68. The van der Waals surface area contributed by atoms with Gasteiger partial charge in [0, 0.05) is 20.3 Å². The van der Waals surface area contributed by atoms with Gasteiger partial charge in [0.25, 0.3) is 0 Å². The molecule has 0 aliphatic carbocycles. The van der Waals surface area contributed by atoms with Crippen molar-refractivity contribution >= 4 is 23.8 Å². The molecular weight excluding hydrogens is 168 g/mol. The normalized spacial score (nSPS) is 9.92. The Hall–Kier alpha value is -0.830. The fourth-order valence-corrected chi connectivity index (χ4v) is 1.70. The molecule has 12 heavy (non-hydrogen) atoms. The molecule has 0 fully saturated rings. The molecular formula is C9H14N2S. The Bertz CT molecular complexity index is 276. The highest BCUT2D eigenvalue weighted by molar-refractivity contribution is 7.98. The minimum atomic E-state index is 1.16. The molecule has 0 atom stereocenters. The number of aromatic nitrogens is 1. The van der Waals surface area contributed by atoms with Crippen molar-refractivity contribution in [3.63, 3.8) is 0 Å². The van der Waals surface area contributed by atoms with Crippen molar-refractivity contribution in [1.29, 1.82) is 0 Å². The van der Waals surface area contributed by atoms with E-state index < -0.39 is 0 Å². The van der Waals surface area contributed by atoms with Crippen LogP contribution in [-0.2, 0) is 0 Å². The molecule has 0 aliphatic rings. The average Bonchev–Trinajstić information content (AvgIpc) is 2.46. The van der Waals surface area contributed by atoms with Gasteiger partial charge in [-0.3, -0.25) is 4.57 Å². The molecule has 0 saturated carbocycles. The molecule has 2 nitrogen and oxygen atoms in total. The van der Waals surface area contributed by atoms with E-state index in [1.807, 2.05) is 20.3 Å². The van der Waals surface area contributed by atoms with E-state index in [1.165, 1.54) is 5.03 Å². The number of hydrogen-bond acceptors (Lipinski definition) is 2. The first-order chi connectivity index (χ1) is 5.70. The zero-order valence-corrected chi connectivity index (χ0v) is 8.56. The molecule has 1 rings (SSSR count). The van der Waals surface area contributed by atoms with Gasteiger partial charge in [0.2, 0.25) is 0 Å². The number of rotatable bonds is 3. The van der Waals surface area contributed by atoms with Gasteiger partial charge in [0.1, 0.15) is 5.82 Å². The summed E-state index contributed by atoms with van der Waals surface area (Å²) >= 11 is 1.72. The van der Waals surface area contributed by atoms with Crippen molar-refractivity contribution in [2.45, 2.75) is 5.03 Å². The number of nitrogens with zero attached hydrogens (tertiary/aromatic N) is 2.